The number of carbonyl (C=O) groups is 1. The quantitative estimate of drug-likeness (QED) is 0.866. The second kappa shape index (κ2) is 7.44. The molecule has 2 atom stereocenters. The van der Waals surface area contributed by atoms with Crippen molar-refractivity contribution in [3.05, 3.63) is 35.4 Å². The summed E-state index contributed by atoms with van der Waals surface area (Å²) in [5, 5.41) is 6.49. The summed E-state index contributed by atoms with van der Waals surface area (Å²) in [6.45, 7) is 6.32. The molecule has 1 unspecified atom stereocenters. The van der Waals surface area contributed by atoms with E-state index in [2.05, 4.69) is 41.8 Å². The monoisotopic (exact) mass is 274 g/mol. The zero-order valence-corrected chi connectivity index (χ0v) is 12.6. The number of carbonyl (C=O) groups excluding carboxylic acids is 1. The van der Waals surface area contributed by atoms with Gasteiger partial charge in [-0.25, -0.2) is 0 Å². The number of hydrogen-bond acceptors (Lipinski definition) is 2. The predicted octanol–water partition coefficient (Wildman–Crippen LogP) is 2.95. The molecule has 3 nitrogen and oxygen atoms in total. The Hall–Kier alpha value is -1.35. The average molecular weight is 274 g/mol. The third kappa shape index (κ3) is 4.64. The van der Waals surface area contributed by atoms with E-state index in [9.17, 15) is 4.79 Å². The summed E-state index contributed by atoms with van der Waals surface area (Å²) in [6.07, 6.45) is 4.14. The van der Waals surface area contributed by atoms with Crippen LogP contribution in [0.5, 0.6) is 0 Å². The summed E-state index contributed by atoms with van der Waals surface area (Å²) < 4.78 is 0. The fourth-order valence-corrected chi connectivity index (χ4v) is 2.76. The van der Waals surface area contributed by atoms with Gasteiger partial charge in [-0.2, -0.15) is 0 Å². The summed E-state index contributed by atoms with van der Waals surface area (Å²) in [5.74, 6) is 0.841. The van der Waals surface area contributed by atoms with E-state index < -0.39 is 0 Å². The van der Waals surface area contributed by atoms with Crippen LogP contribution >= 0.6 is 0 Å². The topological polar surface area (TPSA) is 41.1 Å². The SMILES string of the molecule is Cc1ccc([C@@H](C)NC(=O)CCC2CCCNC2)cc1. The molecule has 1 aromatic rings. The molecule has 110 valence electrons. The number of nitrogens with one attached hydrogen (secondary N) is 2. The van der Waals surface area contributed by atoms with Crippen molar-refractivity contribution < 1.29 is 4.79 Å². The van der Waals surface area contributed by atoms with Crippen LogP contribution in [-0.4, -0.2) is 19.0 Å². The molecule has 20 heavy (non-hydrogen) atoms. The molecule has 0 aliphatic carbocycles. The van der Waals surface area contributed by atoms with Gasteiger partial charge in [0.15, 0.2) is 0 Å². The van der Waals surface area contributed by atoms with E-state index in [4.69, 9.17) is 0 Å². The van der Waals surface area contributed by atoms with E-state index in [0.717, 1.165) is 19.5 Å². The summed E-state index contributed by atoms with van der Waals surface area (Å²) >= 11 is 0. The van der Waals surface area contributed by atoms with Gasteiger partial charge in [0, 0.05) is 6.42 Å². The minimum absolute atomic E-state index is 0.0904. The smallest absolute Gasteiger partial charge is 0.220 e. The molecule has 0 spiro atoms. The van der Waals surface area contributed by atoms with Crippen molar-refractivity contribution in [2.75, 3.05) is 13.1 Å². The fourth-order valence-electron chi connectivity index (χ4n) is 2.76. The van der Waals surface area contributed by atoms with Crippen LogP contribution in [0, 0.1) is 12.8 Å². The molecule has 1 aliphatic rings. The van der Waals surface area contributed by atoms with Gasteiger partial charge in [-0.15, -0.1) is 0 Å². The van der Waals surface area contributed by atoms with Crippen LogP contribution in [0.25, 0.3) is 0 Å². The van der Waals surface area contributed by atoms with E-state index in [-0.39, 0.29) is 11.9 Å². The van der Waals surface area contributed by atoms with E-state index in [0.29, 0.717) is 12.3 Å². The van der Waals surface area contributed by atoms with Crippen LogP contribution < -0.4 is 10.6 Å². The number of piperidine rings is 1. The lowest BCUT2D eigenvalue weighted by atomic mass is 9.94. The van der Waals surface area contributed by atoms with Gasteiger partial charge in [0.05, 0.1) is 6.04 Å². The zero-order valence-electron chi connectivity index (χ0n) is 12.6. The summed E-state index contributed by atoms with van der Waals surface area (Å²) in [6, 6.07) is 8.45. The number of rotatable bonds is 5. The first-order chi connectivity index (χ1) is 9.65. The highest BCUT2D eigenvalue weighted by atomic mass is 16.1. The van der Waals surface area contributed by atoms with E-state index in [1.807, 2.05) is 6.92 Å². The molecule has 2 rings (SSSR count). The van der Waals surface area contributed by atoms with Crippen LogP contribution in [0.1, 0.15) is 49.8 Å². The van der Waals surface area contributed by atoms with Gasteiger partial charge in [-0.3, -0.25) is 4.79 Å². The molecule has 0 saturated carbocycles. The first kappa shape index (κ1) is 15.0. The molecule has 2 N–H and O–H groups in total. The minimum Gasteiger partial charge on any atom is -0.350 e. The first-order valence-electron chi connectivity index (χ1n) is 7.72. The van der Waals surface area contributed by atoms with Gasteiger partial charge < -0.3 is 10.6 Å². The van der Waals surface area contributed by atoms with E-state index >= 15 is 0 Å². The molecule has 1 heterocycles. The molecule has 1 aromatic carbocycles. The predicted molar refractivity (Wildman–Crippen MR) is 82.6 cm³/mol. The average Bonchev–Trinajstić information content (AvgIpc) is 2.47. The van der Waals surface area contributed by atoms with Crippen LogP contribution in [0.15, 0.2) is 24.3 Å². The Kier molecular flexibility index (Phi) is 5.60. The van der Waals surface area contributed by atoms with Gasteiger partial charge >= 0.3 is 0 Å². The standard InChI is InChI=1S/C17H26N2O/c1-13-5-8-16(9-6-13)14(2)19-17(20)10-7-15-4-3-11-18-12-15/h5-6,8-9,14-15,18H,3-4,7,10-12H2,1-2H3,(H,19,20)/t14-,15?/m1/s1. The third-order valence-corrected chi connectivity index (χ3v) is 4.13. The van der Waals surface area contributed by atoms with E-state index in [1.54, 1.807) is 0 Å². The van der Waals surface area contributed by atoms with Crippen molar-refractivity contribution in [3.63, 3.8) is 0 Å². The largest absolute Gasteiger partial charge is 0.350 e. The highest BCUT2D eigenvalue weighted by molar-refractivity contribution is 5.76. The van der Waals surface area contributed by atoms with Crippen molar-refractivity contribution in [3.8, 4) is 0 Å². The highest BCUT2D eigenvalue weighted by Crippen LogP contribution is 2.17. The van der Waals surface area contributed by atoms with Crippen molar-refractivity contribution in [2.24, 2.45) is 5.92 Å². The molecule has 0 aromatic heterocycles. The van der Waals surface area contributed by atoms with Gasteiger partial charge in [-0.1, -0.05) is 29.8 Å². The Morgan fingerprint density at radius 1 is 1.40 bits per heavy atom. The van der Waals surface area contributed by atoms with Crippen molar-refractivity contribution in [2.45, 2.75) is 45.6 Å². The normalized spacial score (nSPS) is 20.4. The molecular formula is C17H26N2O. The van der Waals surface area contributed by atoms with Crippen molar-refractivity contribution >= 4 is 5.91 Å². The highest BCUT2D eigenvalue weighted by Gasteiger charge is 2.15. The lowest BCUT2D eigenvalue weighted by Gasteiger charge is -2.22. The lowest BCUT2D eigenvalue weighted by molar-refractivity contribution is -0.122. The molecule has 0 radical (unpaired) electrons. The first-order valence-corrected chi connectivity index (χ1v) is 7.72. The summed E-state index contributed by atoms with van der Waals surface area (Å²) in [4.78, 5) is 12.0. The number of aryl methyl sites for hydroxylation is 1. The van der Waals surface area contributed by atoms with Gasteiger partial charge in [0.2, 0.25) is 5.91 Å². The molecular weight excluding hydrogens is 248 g/mol. The van der Waals surface area contributed by atoms with E-state index in [1.165, 1.54) is 24.0 Å². The minimum atomic E-state index is 0.0904. The molecule has 1 saturated heterocycles. The molecule has 1 fully saturated rings. The number of amides is 1. The molecule has 3 heteroatoms. The Balaban J connectivity index is 1.74. The fraction of sp³-hybridized carbons (Fsp3) is 0.588. The van der Waals surface area contributed by atoms with Crippen LogP contribution in [0.2, 0.25) is 0 Å². The van der Waals surface area contributed by atoms with Gasteiger partial charge in [0.1, 0.15) is 0 Å². The second-order valence-corrected chi connectivity index (χ2v) is 5.95. The summed E-state index contributed by atoms with van der Waals surface area (Å²) in [5.41, 5.74) is 2.42. The Bertz CT molecular complexity index is 421. The Morgan fingerprint density at radius 3 is 2.80 bits per heavy atom. The zero-order chi connectivity index (χ0) is 14.4. The summed E-state index contributed by atoms with van der Waals surface area (Å²) in [7, 11) is 0. The number of hydrogen-bond donors (Lipinski definition) is 2. The lowest BCUT2D eigenvalue weighted by Crippen LogP contribution is -2.31. The Morgan fingerprint density at radius 2 is 2.15 bits per heavy atom. The molecule has 1 amide bonds. The van der Waals surface area contributed by atoms with Crippen molar-refractivity contribution in [1.29, 1.82) is 0 Å². The molecule has 0 bridgehead atoms. The maximum absolute atomic E-state index is 12.0. The second-order valence-electron chi connectivity index (χ2n) is 5.95. The van der Waals surface area contributed by atoms with Gasteiger partial charge in [-0.05, 0) is 57.7 Å². The molecule has 1 aliphatic heterocycles. The third-order valence-electron chi connectivity index (χ3n) is 4.13. The van der Waals surface area contributed by atoms with Gasteiger partial charge in [0.25, 0.3) is 0 Å². The van der Waals surface area contributed by atoms with Crippen LogP contribution in [0.3, 0.4) is 0 Å². The van der Waals surface area contributed by atoms with Crippen LogP contribution in [-0.2, 0) is 4.79 Å². The van der Waals surface area contributed by atoms with Crippen molar-refractivity contribution in [1.82, 2.24) is 10.6 Å². The van der Waals surface area contributed by atoms with Crippen LogP contribution in [0.4, 0.5) is 0 Å². The number of benzene rings is 1. The maximum Gasteiger partial charge on any atom is 0.220 e. The Labute approximate surface area is 122 Å². The maximum atomic E-state index is 12.0.